The van der Waals surface area contributed by atoms with Crippen LogP contribution in [0.1, 0.15) is 18.0 Å². The van der Waals surface area contributed by atoms with Gasteiger partial charge in [-0.2, -0.15) is 0 Å². The Hall–Kier alpha value is -1.33. The smallest absolute Gasteiger partial charge is 0.307 e. The molecule has 18 heavy (non-hydrogen) atoms. The van der Waals surface area contributed by atoms with E-state index in [9.17, 15) is 9.18 Å². The molecule has 2 atom stereocenters. The molecule has 98 valence electrons. The van der Waals surface area contributed by atoms with Gasteiger partial charge in [0.15, 0.2) is 11.6 Å². The Morgan fingerprint density at radius 1 is 1.61 bits per heavy atom. The monoisotopic (exact) mass is 273 g/mol. The number of nitrogens with one attached hydrogen (secondary N) is 1. The summed E-state index contributed by atoms with van der Waals surface area (Å²) in [5, 5.41) is 12.4. The van der Waals surface area contributed by atoms with Gasteiger partial charge in [0, 0.05) is 23.2 Å². The third-order valence-electron chi connectivity index (χ3n) is 3.13. The number of aliphatic carboxylic acids is 1. The molecule has 1 aliphatic heterocycles. The summed E-state index contributed by atoms with van der Waals surface area (Å²) in [5.74, 6) is -1.78. The summed E-state index contributed by atoms with van der Waals surface area (Å²) >= 11 is 6.05. The summed E-state index contributed by atoms with van der Waals surface area (Å²) in [7, 11) is 1.36. The minimum absolute atomic E-state index is 0.0750. The lowest BCUT2D eigenvalue weighted by Crippen LogP contribution is -2.17. The SMILES string of the molecule is COc1c(F)ccc(Cl)c1C1CC(C(=O)O)CN1. The minimum atomic E-state index is -0.864. The van der Waals surface area contributed by atoms with Crippen molar-refractivity contribution in [2.75, 3.05) is 13.7 Å². The number of halogens is 2. The van der Waals surface area contributed by atoms with Crippen LogP contribution in [0.3, 0.4) is 0 Å². The standard InChI is InChI=1S/C12H13ClFNO3/c1-18-11-8(14)3-2-7(13)10(11)9-4-6(5-15-9)12(16)17/h2-3,6,9,15H,4-5H2,1H3,(H,16,17). The van der Waals surface area contributed by atoms with Crippen molar-refractivity contribution in [3.63, 3.8) is 0 Å². The molecule has 1 saturated heterocycles. The molecule has 0 saturated carbocycles. The summed E-state index contributed by atoms with van der Waals surface area (Å²) in [5.41, 5.74) is 0.489. The van der Waals surface area contributed by atoms with Crippen molar-refractivity contribution in [3.05, 3.63) is 28.5 Å². The van der Waals surface area contributed by atoms with Gasteiger partial charge in [-0.05, 0) is 18.6 Å². The maximum Gasteiger partial charge on any atom is 0.307 e. The highest BCUT2D eigenvalue weighted by Gasteiger charge is 2.33. The number of rotatable bonds is 3. The van der Waals surface area contributed by atoms with E-state index in [1.54, 1.807) is 0 Å². The number of hydrogen-bond donors (Lipinski definition) is 2. The van der Waals surface area contributed by atoms with Crippen molar-refractivity contribution in [3.8, 4) is 5.75 Å². The van der Waals surface area contributed by atoms with Crippen molar-refractivity contribution in [2.45, 2.75) is 12.5 Å². The molecule has 0 aliphatic carbocycles. The second-order valence-corrected chi connectivity index (χ2v) is 4.62. The Morgan fingerprint density at radius 3 is 2.89 bits per heavy atom. The zero-order chi connectivity index (χ0) is 13.3. The summed E-state index contributed by atoms with van der Waals surface area (Å²) in [6.07, 6.45) is 0.370. The highest BCUT2D eigenvalue weighted by molar-refractivity contribution is 6.31. The fraction of sp³-hybridized carbons (Fsp3) is 0.417. The molecule has 6 heteroatoms. The normalized spacial score (nSPS) is 23.1. The number of carboxylic acid groups (broad SMARTS) is 1. The van der Waals surface area contributed by atoms with Crippen LogP contribution in [0.4, 0.5) is 4.39 Å². The van der Waals surface area contributed by atoms with Gasteiger partial charge in [-0.15, -0.1) is 0 Å². The molecule has 4 nitrogen and oxygen atoms in total. The molecule has 1 aromatic rings. The van der Waals surface area contributed by atoms with Crippen LogP contribution in [0.25, 0.3) is 0 Å². The lowest BCUT2D eigenvalue weighted by atomic mass is 9.99. The first-order valence-corrected chi connectivity index (χ1v) is 5.90. The molecule has 0 bridgehead atoms. The van der Waals surface area contributed by atoms with Crippen LogP contribution in [-0.4, -0.2) is 24.7 Å². The highest BCUT2D eigenvalue weighted by atomic mass is 35.5. The molecule has 1 heterocycles. The third-order valence-corrected chi connectivity index (χ3v) is 3.46. The van der Waals surface area contributed by atoms with Crippen LogP contribution in [-0.2, 0) is 4.79 Å². The Balaban J connectivity index is 2.34. The molecule has 1 aromatic carbocycles. The topological polar surface area (TPSA) is 58.6 Å². The van der Waals surface area contributed by atoms with Gasteiger partial charge in [0.25, 0.3) is 0 Å². The Kier molecular flexibility index (Phi) is 3.73. The maximum atomic E-state index is 13.6. The predicted molar refractivity (Wildman–Crippen MR) is 64.4 cm³/mol. The molecule has 2 unspecified atom stereocenters. The Bertz CT molecular complexity index is 481. The Labute approximate surface area is 109 Å². The zero-order valence-corrected chi connectivity index (χ0v) is 10.5. The average molecular weight is 274 g/mol. The third kappa shape index (κ3) is 2.28. The second kappa shape index (κ2) is 5.12. The van der Waals surface area contributed by atoms with Gasteiger partial charge in [-0.3, -0.25) is 4.79 Å². The summed E-state index contributed by atoms with van der Waals surface area (Å²) in [4.78, 5) is 10.9. The summed E-state index contributed by atoms with van der Waals surface area (Å²) in [6.45, 7) is 0.343. The molecule has 1 aliphatic rings. The van der Waals surface area contributed by atoms with E-state index in [1.165, 1.54) is 19.2 Å². The summed E-state index contributed by atoms with van der Waals surface area (Å²) < 4.78 is 18.6. The molecule has 1 fully saturated rings. The second-order valence-electron chi connectivity index (χ2n) is 4.21. The van der Waals surface area contributed by atoms with Gasteiger partial charge in [0.1, 0.15) is 0 Å². The molecule has 0 amide bonds. The molecule has 0 radical (unpaired) electrons. The summed E-state index contributed by atoms with van der Waals surface area (Å²) in [6, 6.07) is 2.38. The van der Waals surface area contributed by atoms with E-state index >= 15 is 0 Å². The van der Waals surface area contributed by atoms with Crippen LogP contribution >= 0.6 is 11.6 Å². The number of hydrogen-bond acceptors (Lipinski definition) is 3. The Morgan fingerprint density at radius 2 is 2.33 bits per heavy atom. The lowest BCUT2D eigenvalue weighted by Gasteiger charge is -2.17. The number of ether oxygens (including phenoxy) is 1. The molecule has 0 aromatic heterocycles. The van der Waals surface area contributed by atoms with Crippen molar-refractivity contribution in [1.29, 1.82) is 0 Å². The highest BCUT2D eigenvalue weighted by Crippen LogP contribution is 2.39. The van der Waals surface area contributed by atoms with Crippen LogP contribution in [0, 0.1) is 11.7 Å². The molecule has 2 N–H and O–H groups in total. The van der Waals surface area contributed by atoms with Crippen molar-refractivity contribution in [1.82, 2.24) is 5.32 Å². The van der Waals surface area contributed by atoms with Crippen LogP contribution in [0.15, 0.2) is 12.1 Å². The van der Waals surface area contributed by atoms with E-state index < -0.39 is 17.7 Å². The molecular weight excluding hydrogens is 261 g/mol. The van der Waals surface area contributed by atoms with E-state index in [2.05, 4.69) is 5.32 Å². The molecule has 0 spiro atoms. The number of carboxylic acids is 1. The van der Waals surface area contributed by atoms with Crippen molar-refractivity contribution in [2.24, 2.45) is 5.92 Å². The largest absolute Gasteiger partial charge is 0.493 e. The number of methoxy groups -OCH3 is 1. The van der Waals surface area contributed by atoms with Crippen molar-refractivity contribution < 1.29 is 19.0 Å². The first-order chi connectivity index (χ1) is 8.54. The van der Waals surface area contributed by atoms with Crippen molar-refractivity contribution >= 4 is 17.6 Å². The minimum Gasteiger partial charge on any atom is -0.493 e. The van der Waals surface area contributed by atoms with Gasteiger partial charge in [0.05, 0.1) is 13.0 Å². The lowest BCUT2D eigenvalue weighted by molar-refractivity contribution is -0.141. The first-order valence-electron chi connectivity index (χ1n) is 5.52. The quantitative estimate of drug-likeness (QED) is 0.887. The fourth-order valence-corrected chi connectivity index (χ4v) is 2.51. The van der Waals surface area contributed by atoms with E-state index in [-0.39, 0.29) is 11.8 Å². The predicted octanol–water partition coefficient (Wildman–Crippen LogP) is 2.22. The van der Waals surface area contributed by atoms with Gasteiger partial charge in [-0.1, -0.05) is 11.6 Å². The van der Waals surface area contributed by atoms with Crippen LogP contribution in [0.5, 0.6) is 5.75 Å². The zero-order valence-electron chi connectivity index (χ0n) is 9.74. The first kappa shape index (κ1) is 13.1. The van der Waals surface area contributed by atoms with Crippen LogP contribution in [0.2, 0.25) is 5.02 Å². The van der Waals surface area contributed by atoms with Crippen LogP contribution < -0.4 is 10.1 Å². The van der Waals surface area contributed by atoms with Gasteiger partial charge >= 0.3 is 5.97 Å². The van der Waals surface area contributed by atoms with Gasteiger partial charge in [0.2, 0.25) is 0 Å². The maximum absolute atomic E-state index is 13.6. The average Bonchev–Trinajstić information content (AvgIpc) is 2.81. The van der Waals surface area contributed by atoms with E-state index in [4.69, 9.17) is 21.4 Å². The molecular formula is C12H13ClFNO3. The van der Waals surface area contributed by atoms with Gasteiger partial charge in [-0.25, -0.2) is 4.39 Å². The van der Waals surface area contributed by atoms with E-state index in [0.29, 0.717) is 23.6 Å². The molecule has 2 rings (SSSR count). The van der Waals surface area contributed by atoms with Gasteiger partial charge < -0.3 is 15.2 Å². The number of benzene rings is 1. The van der Waals surface area contributed by atoms with E-state index in [1.807, 2.05) is 0 Å². The van der Waals surface area contributed by atoms with E-state index in [0.717, 1.165) is 0 Å². The fourth-order valence-electron chi connectivity index (χ4n) is 2.22. The number of carbonyl (C=O) groups is 1.